The molecule has 0 saturated carbocycles. The van der Waals surface area contributed by atoms with Crippen molar-refractivity contribution in [3.05, 3.63) is 94.1 Å². The first kappa shape index (κ1) is 19.5. The van der Waals surface area contributed by atoms with Gasteiger partial charge in [-0.15, -0.1) is 0 Å². The molecule has 0 radical (unpaired) electrons. The number of methoxy groups -OCH3 is 1. The molecule has 6 heteroatoms. The molecule has 0 fully saturated rings. The fraction of sp³-hybridized carbons (Fsp3) is 0.160. The molecule has 0 spiro atoms. The number of carbonyl (C=O) groups is 1. The molecular weight excluding hydrogens is 412 g/mol. The SMILES string of the molecule is COc1cccc(C(=O)N2CCc3c([nH]c4ccc(Cl)cc34)C2c2ccc(O)cc2)c1. The molecule has 156 valence electrons. The zero-order valence-electron chi connectivity index (χ0n) is 16.9. The number of hydrogen-bond donors (Lipinski definition) is 2. The Bertz CT molecular complexity index is 1280. The van der Waals surface area contributed by atoms with Crippen LogP contribution in [0.5, 0.6) is 11.5 Å². The van der Waals surface area contributed by atoms with E-state index in [0.29, 0.717) is 22.9 Å². The van der Waals surface area contributed by atoms with E-state index >= 15 is 0 Å². The van der Waals surface area contributed by atoms with Gasteiger partial charge < -0.3 is 19.7 Å². The third-order valence-corrected chi connectivity index (χ3v) is 6.11. The summed E-state index contributed by atoms with van der Waals surface area (Å²) in [6.07, 6.45) is 0.722. The number of halogens is 1. The summed E-state index contributed by atoms with van der Waals surface area (Å²) in [7, 11) is 1.59. The maximum absolute atomic E-state index is 13.6. The molecule has 0 aliphatic carbocycles. The molecule has 2 N–H and O–H groups in total. The van der Waals surface area contributed by atoms with Crippen molar-refractivity contribution in [1.29, 1.82) is 0 Å². The fourth-order valence-electron chi connectivity index (χ4n) is 4.40. The molecule has 1 aliphatic heterocycles. The van der Waals surface area contributed by atoms with Gasteiger partial charge in [-0.2, -0.15) is 0 Å². The number of carbonyl (C=O) groups excluding carboxylic acids is 1. The number of fused-ring (bicyclic) bond motifs is 3. The van der Waals surface area contributed by atoms with Gasteiger partial charge in [0.1, 0.15) is 11.5 Å². The second-order valence-corrected chi connectivity index (χ2v) is 8.12. The maximum atomic E-state index is 13.6. The van der Waals surface area contributed by atoms with Crippen molar-refractivity contribution in [3.8, 4) is 11.5 Å². The minimum Gasteiger partial charge on any atom is -0.508 e. The Hall–Kier alpha value is -3.44. The molecule has 4 aromatic rings. The Morgan fingerprint density at radius 3 is 2.71 bits per heavy atom. The molecular formula is C25H21ClN2O3. The van der Waals surface area contributed by atoms with Gasteiger partial charge in [-0.3, -0.25) is 4.79 Å². The van der Waals surface area contributed by atoms with Gasteiger partial charge >= 0.3 is 0 Å². The molecule has 31 heavy (non-hydrogen) atoms. The van der Waals surface area contributed by atoms with E-state index < -0.39 is 0 Å². The Morgan fingerprint density at radius 1 is 1.13 bits per heavy atom. The van der Waals surface area contributed by atoms with Crippen molar-refractivity contribution < 1.29 is 14.6 Å². The number of ether oxygens (including phenoxy) is 1. The molecule has 3 aromatic carbocycles. The summed E-state index contributed by atoms with van der Waals surface area (Å²) in [5.41, 5.74) is 4.64. The number of aromatic amines is 1. The van der Waals surface area contributed by atoms with Crippen molar-refractivity contribution in [2.24, 2.45) is 0 Å². The second kappa shape index (κ2) is 7.67. The second-order valence-electron chi connectivity index (χ2n) is 7.68. The summed E-state index contributed by atoms with van der Waals surface area (Å²) < 4.78 is 5.31. The molecule has 2 heterocycles. The van der Waals surface area contributed by atoms with Gasteiger partial charge in [0.25, 0.3) is 5.91 Å². The quantitative estimate of drug-likeness (QED) is 0.460. The Kier molecular flexibility index (Phi) is 4.83. The lowest BCUT2D eigenvalue weighted by Crippen LogP contribution is -2.40. The zero-order valence-corrected chi connectivity index (χ0v) is 17.7. The number of aromatic nitrogens is 1. The Balaban J connectivity index is 1.65. The zero-order chi connectivity index (χ0) is 21.5. The van der Waals surface area contributed by atoms with Crippen LogP contribution in [-0.2, 0) is 6.42 Å². The number of nitrogens with zero attached hydrogens (tertiary/aromatic N) is 1. The average Bonchev–Trinajstić information content (AvgIpc) is 3.16. The highest BCUT2D eigenvalue weighted by Crippen LogP contribution is 2.40. The van der Waals surface area contributed by atoms with Crippen molar-refractivity contribution >= 4 is 28.4 Å². The molecule has 0 bridgehead atoms. The number of nitrogens with one attached hydrogen (secondary N) is 1. The number of H-pyrrole nitrogens is 1. The first-order valence-corrected chi connectivity index (χ1v) is 10.5. The summed E-state index contributed by atoms with van der Waals surface area (Å²) in [6.45, 7) is 0.564. The topological polar surface area (TPSA) is 65.6 Å². The van der Waals surface area contributed by atoms with E-state index in [2.05, 4.69) is 4.98 Å². The number of phenols is 1. The number of phenolic OH excluding ortho intramolecular Hbond substituents is 1. The lowest BCUT2D eigenvalue weighted by atomic mass is 9.91. The van der Waals surface area contributed by atoms with Gasteiger partial charge in [0, 0.05) is 33.7 Å². The number of amides is 1. The van der Waals surface area contributed by atoms with E-state index in [-0.39, 0.29) is 17.7 Å². The van der Waals surface area contributed by atoms with Crippen LogP contribution >= 0.6 is 11.6 Å². The van der Waals surface area contributed by atoms with Crippen LogP contribution < -0.4 is 4.74 Å². The molecule has 1 unspecified atom stereocenters. The smallest absolute Gasteiger partial charge is 0.254 e. The minimum atomic E-state index is -0.311. The van der Waals surface area contributed by atoms with Crippen LogP contribution in [0.3, 0.4) is 0 Å². The van der Waals surface area contributed by atoms with Gasteiger partial charge in [0.05, 0.1) is 13.2 Å². The van der Waals surface area contributed by atoms with E-state index in [1.807, 2.05) is 47.4 Å². The average molecular weight is 433 g/mol. The normalized spacial score (nSPS) is 15.7. The summed E-state index contributed by atoms with van der Waals surface area (Å²) >= 11 is 6.26. The molecule has 1 amide bonds. The number of benzene rings is 3. The van der Waals surface area contributed by atoms with Crippen LogP contribution in [0.4, 0.5) is 0 Å². The Morgan fingerprint density at radius 2 is 1.94 bits per heavy atom. The number of aromatic hydroxyl groups is 1. The van der Waals surface area contributed by atoms with Crippen LogP contribution in [0.2, 0.25) is 5.02 Å². The predicted octanol–water partition coefficient (Wildman–Crippen LogP) is 5.32. The van der Waals surface area contributed by atoms with E-state index in [4.69, 9.17) is 16.3 Å². The largest absolute Gasteiger partial charge is 0.508 e. The molecule has 5 nitrogen and oxygen atoms in total. The Labute approximate surface area is 184 Å². The van der Waals surface area contributed by atoms with Gasteiger partial charge in [-0.05, 0) is 66.1 Å². The van der Waals surface area contributed by atoms with Crippen molar-refractivity contribution in [3.63, 3.8) is 0 Å². The molecule has 1 aromatic heterocycles. The van der Waals surface area contributed by atoms with Gasteiger partial charge in [-0.1, -0.05) is 29.8 Å². The monoisotopic (exact) mass is 432 g/mol. The lowest BCUT2D eigenvalue weighted by Gasteiger charge is -2.36. The number of hydrogen-bond acceptors (Lipinski definition) is 3. The highest BCUT2D eigenvalue weighted by Gasteiger charge is 2.35. The highest BCUT2D eigenvalue weighted by molar-refractivity contribution is 6.31. The highest BCUT2D eigenvalue weighted by atomic mass is 35.5. The summed E-state index contributed by atoms with van der Waals surface area (Å²) in [4.78, 5) is 19.0. The maximum Gasteiger partial charge on any atom is 0.254 e. The van der Waals surface area contributed by atoms with Crippen LogP contribution in [-0.4, -0.2) is 34.6 Å². The van der Waals surface area contributed by atoms with Crippen LogP contribution in [0, 0.1) is 0 Å². The molecule has 1 aliphatic rings. The minimum absolute atomic E-state index is 0.0701. The van der Waals surface area contributed by atoms with E-state index in [9.17, 15) is 9.90 Å². The van der Waals surface area contributed by atoms with E-state index in [1.165, 1.54) is 5.56 Å². The predicted molar refractivity (Wildman–Crippen MR) is 121 cm³/mol. The standard InChI is InChI=1S/C25H21ClN2O3/c1-31-19-4-2-3-16(13-19)25(30)28-12-11-20-21-14-17(26)7-10-22(21)27-23(20)24(28)15-5-8-18(29)9-6-15/h2-10,13-14,24,27,29H,11-12H2,1H3. The third-order valence-electron chi connectivity index (χ3n) is 5.88. The molecule has 0 saturated heterocycles. The van der Waals surface area contributed by atoms with Crippen LogP contribution in [0.15, 0.2) is 66.7 Å². The molecule has 5 rings (SSSR count). The van der Waals surface area contributed by atoms with Crippen LogP contribution in [0.25, 0.3) is 10.9 Å². The summed E-state index contributed by atoms with van der Waals surface area (Å²) in [5.74, 6) is 0.762. The van der Waals surface area contributed by atoms with E-state index in [0.717, 1.165) is 28.6 Å². The molecule has 1 atom stereocenters. The van der Waals surface area contributed by atoms with E-state index in [1.54, 1.807) is 31.4 Å². The van der Waals surface area contributed by atoms with Gasteiger partial charge in [0.2, 0.25) is 0 Å². The van der Waals surface area contributed by atoms with Crippen molar-refractivity contribution in [2.45, 2.75) is 12.5 Å². The fourth-order valence-corrected chi connectivity index (χ4v) is 4.58. The van der Waals surface area contributed by atoms with Crippen molar-refractivity contribution in [2.75, 3.05) is 13.7 Å². The third kappa shape index (κ3) is 3.41. The lowest BCUT2D eigenvalue weighted by molar-refractivity contribution is 0.0691. The summed E-state index contributed by atoms with van der Waals surface area (Å²) in [5, 5.41) is 11.6. The van der Waals surface area contributed by atoms with Gasteiger partial charge in [0.15, 0.2) is 0 Å². The van der Waals surface area contributed by atoms with Crippen molar-refractivity contribution in [1.82, 2.24) is 9.88 Å². The first-order valence-electron chi connectivity index (χ1n) is 10.1. The number of rotatable bonds is 3. The van der Waals surface area contributed by atoms with Crippen LogP contribution in [0.1, 0.15) is 33.2 Å². The summed E-state index contributed by atoms with van der Waals surface area (Å²) in [6, 6.07) is 19.7. The van der Waals surface area contributed by atoms with Gasteiger partial charge in [-0.25, -0.2) is 0 Å². The first-order chi connectivity index (χ1) is 15.0.